The summed E-state index contributed by atoms with van der Waals surface area (Å²) in [5.74, 6) is 1.75. The first-order valence-corrected chi connectivity index (χ1v) is 7.09. The van der Waals surface area contributed by atoms with Gasteiger partial charge in [-0.2, -0.15) is 4.98 Å². The van der Waals surface area contributed by atoms with E-state index in [1.165, 1.54) is 6.42 Å². The molecule has 3 rings (SSSR count). The molecule has 1 aliphatic rings. The minimum absolute atomic E-state index is 0.276. The van der Waals surface area contributed by atoms with Crippen LogP contribution in [0.15, 0.2) is 24.3 Å². The molecular weight excluding hydrogens is 272 g/mol. The van der Waals surface area contributed by atoms with Gasteiger partial charge in [0, 0.05) is 22.7 Å². The second-order valence-corrected chi connectivity index (χ2v) is 5.78. The van der Waals surface area contributed by atoms with E-state index in [9.17, 15) is 0 Å². The van der Waals surface area contributed by atoms with Gasteiger partial charge in [-0.05, 0) is 30.9 Å². The molecule has 1 heterocycles. The number of nitrogen functional groups attached to an aromatic ring is 1. The predicted molar refractivity (Wildman–Crippen MR) is 82.8 cm³/mol. The van der Waals surface area contributed by atoms with Crippen molar-refractivity contribution in [3.8, 4) is 11.3 Å². The number of anilines is 2. The number of nitrogens with one attached hydrogen (secondary N) is 1. The maximum atomic E-state index is 6.17. The van der Waals surface area contributed by atoms with Crippen molar-refractivity contribution < 1.29 is 0 Å². The fourth-order valence-corrected chi connectivity index (χ4v) is 2.45. The molecule has 0 aliphatic heterocycles. The van der Waals surface area contributed by atoms with E-state index in [1.54, 1.807) is 0 Å². The number of nitrogens with two attached hydrogens (primary N) is 1. The summed E-state index contributed by atoms with van der Waals surface area (Å²) >= 11 is 6.17. The topological polar surface area (TPSA) is 63.8 Å². The molecule has 1 aromatic heterocycles. The Bertz CT molecular complexity index is 656. The van der Waals surface area contributed by atoms with Gasteiger partial charge in [-0.3, -0.25) is 0 Å². The van der Waals surface area contributed by atoms with Gasteiger partial charge >= 0.3 is 0 Å². The van der Waals surface area contributed by atoms with Crippen LogP contribution < -0.4 is 11.1 Å². The van der Waals surface area contributed by atoms with Gasteiger partial charge in [0.1, 0.15) is 5.82 Å². The van der Waals surface area contributed by atoms with Crippen molar-refractivity contribution in [1.82, 2.24) is 9.97 Å². The highest BCUT2D eigenvalue weighted by atomic mass is 35.5. The van der Waals surface area contributed by atoms with Gasteiger partial charge in [0.25, 0.3) is 0 Å². The van der Waals surface area contributed by atoms with Gasteiger partial charge < -0.3 is 11.1 Å². The first-order chi connectivity index (χ1) is 9.54. The van der Waals surface area contributed by atoms with Gasteiger partial charge in [-0.15, -0.1) is 0 Å². The van der Waals surface area contributed by atoms with E-state index < -0.39 is 0 Å². The Hall–Kier alpha value is -1.81. The molecule has 1 saturated carbocycles. The third-order valence-electron chi connectivity index (χ3n) is 3.73. The fourth-order valence-electron chi connectivity index (χ4n) is 2.28. The van der Waals surface area contributed by atoms with Crippen LogP contribution in [-0.2, 0) is 0 Å². The van der Waals surface area contributed by atoms with Crippen LogP contribution >= 0.6 is 11.6 Å². The number of nitrogens with zero attached hydrogens (tertiary/aromatic N) is 2. The molecule has 20 heavy (non-hydrogen) atoms. The van der Waals surface area contributed by atoms with Crippen molar-refractivity contribution in [2.45, 2.75) is 26.3 Å². The summed E-state index contributed by atoms with van der Waals surface area (Å²) in [6, 6.07) is 8.21. The monoisotopic (exact) mass is 288 g/mol. The molecule has 1 aromatic carbocycles. The molecule has 5 heteroatoms. The minimum atomic E-state index is 0.276. The molecule has 2 aromatic rings. The van der Waals surface area contributed by atoms with E-state index in [0.29, 0.717) is 12.0 Å². The molecular formula is C15H17ClN4. The highest BCUT2D eigenvalue weighted by Crippen LogP contribution is 2.34. The quantitative estimate of drug-likeness (QED) is 0.907. The molecule has 104 valence electrons. The van der Waals surface area contributed by atoms with E-state index in [1.807, 2.05) is 31.2 Å². The first kappa shape index (κ1) is 13.2. The van der Waals surface area contributed by atoms with Crippen LogP contribution in [0.5, 0.6) is 0 Å². The number of halogens is 1. The van der Waals surface area contributed by atoms with Crippen LogP contribution in [0.1, 0.15) is 18.9 Å². The van der Waals surface area contributed by atoms with Gasteiger partial charge in [0.2, 0.25) is 5.95 Å². The van der Waals surface area contributed by atoms with Crippen LogP contribution in [0.25, 0.3) is 11.3 Å². The second-order valence-electron chi connectivity index (χ2n) is 5.37. The molecule has 2 unspecified atom stereocenters. The molecule has 0 bridgehead atoms. The van der Waals surface area contributed by atoms with Gasteiger partial charge in [-0.25, -0.2) is 4.98 Å². The molecule has 0 spiro atoms. The molecule has 3 N–H and O–H groups in total. The third-order valence-corrected chi connectivity index (χ3v) is 4.14. The van der Waals surface area contributed by atoms with Crippen LogP contribution in [0.2, 0.25) is 5.02 Å². The molecule has 0 radical (unpaired) electrons. The standard InChI is InChI=1S/C15H17ClN4/c1-8-6-12(8)18-14-7-13(19-15(17)20-14)10-4-3-5-11(16)9(10)2/h3-5,7-8,12H,6H2,1-2H3,(H3,17,18,19,20). The highest BCUT2D eigenvalue weighted by Gasteiger charge is 2.32. The lowest BCUT2D eigenvalue weighted by Gasteiger charge is -2.10. The Morgan fingerprint density at radius 1 is 1.35 bits per heavy atom. The van der Waals surface area contributed by atoms with E-state index >= 15 is 0 Å². The maximum absolute atomic E-state index is 6.17. The Labute approximate surface area is 123 Å². The number of hydrogen-bond donors (Lipinski definition) is 2. The van der Waals surface area contributed by atoms with E-state index in [4.69, 9.17) is 17.3 Å². The zero-order valence-electron chi connectivity index (χ0n) is 11.5. The van der Waals surface area contributed by atoms with Gasteiger partial charge in [0.15, 0.2) is 0 Å². The lowest BCUT2D eigenvalue weighted by Crippen LogP contribution is -2.08. The molecule has 1 fully saturated rings. The van der Waals surface area contributed by atoms with Crippen molar-refractivity contribution in [3.05, 3.63) is 34.9 Å². The average Bonchev–Trinajstić information content (AvgIpc) is 3.07. The maximum Gasteiger partial charge on any atom is 0.222 e. The largest absolute Gasteiger partial charge is 0.368 e. The molecule has 2 atom stereocenters. The summed E-state index contributed by atoms with van der Waals surface area (Å²) in [5.41, 5.74) is 8.60. The lowest BCUT2D eigenvalue weighted by atomic mass is 10.1. The number of benzene rings is 1. The van der Waals surface area contributed by atoms with Crippen LogP contribution in [0.3, 0.4) is 0 Å². The summed E-state index contributed by atoms with van der Waals surface area (Å²) in [6.45, 7) is 4.19. The predicted octanol–water partition coefficient (Wildman–Crippen LogP) is 3.51. The lowest BCUT2D eigenvalue weighted by molar-refractivity contribution is 0.922. The van der Waals surface area contributed by atoms with Gasteiger partial charge in [-0.1, -0.05) is 30.7 Å². The summed E-state index contributed by atoms with van der Waals surface area (Å²) in [7, 11) is 0. The van der Waals surface area contributed by atoms with E-state index in [2.05, 4.69) is 22.2 Å². The Kier molecular flexibility index (Phi) is 3.26. The Morgan fingerprint density at radius 2 is 2.10 bits per heavy atom. The van der Waals surface area contributed by atoms with Crippen molar-refractivity contribution in [2.75, 3.05) is 11.1 Å². The smallest absolute Gasteiger partial charge is 0.222 e. The van der Waals surface area contributed by atoms with Crippen LogP contribution in [-0.4, -0.2) is 16.0 Å². The van der Waals surface area contributed by atoms with Gasteiger partial charge in [0.05, 0.1) is 5.69 Å². The number of aromatic nitrogens is 2. The van der Waals surface area contributed by atoms with E-state index in [0.717, 1.165) is 27.7 Å². The zero-order valence-corrected chi connectivity index (χ0v) is 12.3. The van der Waals surface area contributed by atoms with Crippen molar-refractivity contribution in [1.29, 1.82) is 0 Å². The van der Waals surface area contributed by atoms with Crippen molar-refractivity contribution >= 4 is 23.4 Å². The SMILES string of the molecule is Cc1c(Cl)cccc1-c1cc(NC2CC2C)nc(N)n1. The number of rotatable bonds is 3. The fraction of sp³-hybridized carbons (Fsp3) is 0.333. The summed E-state index contributed by atoms with van der Waals surface area (Å²) in [5, 5.41) is 4.11. The number of hydrogen-bond acceptors (Lipinski definition) is 4. The van der Waals surface area contributed by atoms with Crippen LogP contribution in [0, 0.1) is 12.8 Å². The summed E-state index contributed by atoms with van der Waals surface area (Å²) in [6.07, 6.45) is 1.18. The molecule has 0 saturated heterocycles. The zero-order chi connectivity index (χ0) is 14.3. The van der Waals surface area contributed by atoms with Crippen molar-refractivity contribution in [3.63, 3.8) is 0 Å². The molecule has 4 nitrogen and oxygen atoms in total. The second kappa shape index (κ2) is 4.94. The Balaban J connectivity index is 1.98. The summed E-state index contributed by atoms with van der Waals surface area (Å²) in [4.78, 5) is 8.57. The first-order valence-electron chi connectivity index (χ1n) is 6.71. The highest BCUT2D eigenvalue weighted by molar-refractivity contribution is 6.31. The summed E-state index contributed by atoms with van der Waals surface area (Å²) < 4.78 is 0. The van der Waals surface area contributed by atoms with E-state index in [-0.39, 0.29) is 5.95 Å². The third kappa shape index (κ3) is 2.56. The van der Waals surface area contributed by atoms with Crippen LogP contribution in [0.4, 0.5) is 11.8 Å². The Morgan fingerprint density at radius 3 is 2.80 bits per heavy atom. The minimum Gasteiger partial charge on any atom is -0.368 e. The molecule has 0 amide bonds. The molecule has 1 aliphatic carbocycles. The average molecular weight is 289 g/mol. The normalized spacial score (nSPS) is 20.8. The van der Waals surface area contributed by atoms with Crippen molar-refractivity contribution in [2.24, 2.45) is 5.92 Å².